The van der Waals surface area contributed by atoms with Gasteiger partial charge in [-0.1, -0.05) is 47.1 Å². The molecule has 0 spiro atoms. The van der Waals surface area contributed by atoms with E-state index in [-0.39, 0.29) is 24.4 Å². The fourth-order valence-electron chi connectivity index (χ4n) is 2.74. The zero-order valence-electron chi connectivity index (χ0n) is 14.4. The first kappa shape index (κ1) is 18.1. The Hall–Kier alpha value is -2.73. The van der Waals surface area contributed by atoms with Crippen LogP contribution in [0.25, 0.3) is 10.9 Å². The van der Waals surface area contributed by atoms with E-state index in [2.05, 4.69) is 10.3 Å². The van der Waals surface area contributed by atoms with Crippen LogP contribution < -0.4 is 5.56 Å². The molecule has 0 bridgehead atoms. The van der Waals surface area contributed by atoms with Crippen LogP contribution in [0.15, 0.2) is 53.3 Å². The van der Waals surface area contributed by atoms with E-state index in [4.69, 9.17) is 11.6 Å². The Morgan fingerprint density at radius 2 is 1.88 bits per heavy atom. The number of carbonyl (C=O) groups is 1. The maximum Gasteiger partial charge on any atom is 0.277 e. The summed E-state index contributed by atoms with van der Waals surface area (Å²) in [5, 5.41) is 9.09. The van der Waals surface area contributed by atoms with Crippen LogP contribution in [0.5, 0.6) is 0 Å². The summed E-state index contributed by atoms with van der Waals surface area (Å²) in [7, 11) is 0. The van der Waals surface area contributed by atoms with E-state index in [1.807, 2.05) is 25.1 Å². The van der Waals surface area contributed by atoms with Crippen molar-refractivity contribution in [2.75, 3.05) is 6.54 Å². The molecule has 134 valence electrons. The lowest BCUT2D eigenvalue weighted by Crippen LogP contribution is -2.33. The highest BCUT2D eigenvalue weighted by Gasteiger charge is 2.15. The molecule has 0 N–H and O–H groups in total. The molecule has 3 rings (SSSR count). The van der Waals surface area contributed by atoms with E-state index < -0.39 is 0 Å². The lowest BCUT2D eigenvalue weighted by Gasteiger charge is -2.21. The van der Waals surface area contributed by atoms with Gasteiger partial charge in [-0.25, -0.2) is 4.68 Å². The van der Waals surface area contributed by atoms with Gasteiger partial charge in [0.25, 0.3) is 5.56 Å². The average Bonchev–Trinajstić information content (AvgIpc) is 2.67. The van der Waals surface area contributed by atoms with Crippen LogP contribution in [-0.2, 0) is 17.9 Å². The molecule has 0 saturated carbocycles. The SMILES string of the molecule is CCN(Cc1ccccc1Cl)C(=O)CCn1nnc2ccccc2c1=O. The highest BCUT2D eigenvalue weighted by molar-refractivity contribution is 6.31. The first-order valence-electron chi connectivity index (χ1n) is 8.44. The van der Waals surface area contributed by atoms with E-state index in [9.17, 15) is 9.59 Å². The highest BCUT2D eigenvalue weighted by atomic mass is 35.5. The number of carbonyl (C=O) groups excluding carboxylic acids is 1. The molecular formula is C19H19ClN4O2. The van der Waals surface area contributed by atoms with Gasteiger partial charge in [0.2, 0.25) is 5.91 Å². The Morgan fingerprint density at radius 3 is 2.65 bits per heavy atom. The van der Waals surface area contributed by atoms with Crippen molar-refractivity contribution in [2.45, 2.75) is 26.4 Å². The molecule has 26 heavy (non-hydrogen) atoms. The Labute approximate surface area is 156 Å². The molecular weight excluding hydrogens is 352 g/mol. The summed E-state index contributed by atoms with van der Waals surface area (Å²) < 4.78 is 1.24. The second kappa shape index (κ2) is 8.10. The molecule has 2 aromatic carbocycles. The summed E-state index contributed by atoms with van der Waals surface area (Å²) in [5.74, 6) is -0.0609. The average molecular weight is 371 g/mol. The van der Waals surface area contributed by atoms with Gasteiger partial charge >= 0.3 is 0 Å². The summed E-state index contributed by atoms with van der Waals surface area (Å²) >= 11 is 6.18. The monoisotopic (exact) mass is 370 g/mol. The van der Waals surface area contributed by atoms with Gasteiger partial charge in [-0.3, -0.25) is 9.59 Å². The van der Waals surface area contributed by atoms with Crippen LogP contribution in [-0.4, -0.2) is 32.3 Å². The summed E-state index contributed by atoms with van der Waals surface area (Å²) in [6.07, 6.45) is 0.172. The standard InChI is InChI=1S/C19H19ClN4O2/c1-2-23(13-14-7-3-5-9-16(14)20)18(25)11-12-24-19(26)15-8-4-6-10-17(15)21-22-24/h3-10H,2,11-13H2,1H3. The topological polar surface area (TPSA) is 68.1 Å². The van der Waals surface area contributed by atoms with Crippen molar-refractivity contribution in [3.63, 3.8) is 0 Å². The van der Waals surface area contributed by atoms with Crippen molar-refractivity contribution in [3.05, 3.63) is 69.5 Å². The Balaban J connectivity index is 1.70. The molecule has 0 fully saturated rings. The van der Waals surface area contributed by atoms with Gasteiger partial charge in [-0.2, -0.15) is 0 Å². The molecule has 0 aliphatic rings. The fraction of sp³-hybridized carbons (Fsp3) is 0.263. The van der Waals surface area contributed by atoms with Crippen molar-refractivity contribution in [1.82, 2.24) is 19.9 Å². The number of benzene rings is 2. The van der Waals surface area contributed by atoms with E-state index >= 15 is 0 Å². The predicted octanol–water partition coefficient (Wildman–Crippen LogP) is 2.88. The smallest absolute Gasteiger partial charge is 0.277 e. The van der Waals surface area contributed by atoms with Crippen molar-refractivity contribution in [3.8, 4) is 0 Å². The summed E-state index contributed by atoms with van der Waals surface area (Å²) in [4.78, 5) is 26.7. The molecule has 1 amide bonds. The number of fused-ring (bicyclic) bond motifs is 1. The molecule has 0 radical (unpaired) electrons. The maximum atomic E-state index is 12.6. The van der Waals surface area contributed by atoms with Crippen molar-refractivity contribution in [1.29, 1.82) is 0 Å². The largest absolute Gasteiger partial charge is 0.339 e. The Morgan fingerprint density at radius 1 is 1.15 bits per heavy atom. The lowest BCUT2D eigenvalue weighted by molar-refractivity contribution is -0.131. The van der Waals surface area contributed by atoms with Gasteiger partial charge in [0.05, 0.1) is 11.9 Å². The van der Waals surface area contributed by atoms with E-state index in [1.54, 1.807) is 35.2 Å². The Kier molecular flexibility index (Phi) is 5.63. The molecule has 3 aromatic rings. The van der Waals surface area contributed by atoms with Crippen LogP contribution in [0.4, 0.5) is 0 Å². The first-order valence-corrected chi connectivity index (χ1v) is 8.81. The van der Waals surface area contributed by atoms with Gasteiger partial charge in [-0.15, -0.1) is 5.10 Å². The van der Waals surface area contributed by atoms with Gasteiger partial charge < -0.3 is 4.90 Å². The number of hydrogen-bond acceptors (Lipinski definition) is 4. The molecule has 0 unspecified atom stereocenters. The fourth-order valence-corrected chi connectivity index (χ4v) is 2.93. The number of halogens is 1. The third kappa shape index (κ3) is 3.91. The minimum Gasteiger partial charge on any atom is -0.339 e. The van der Waals surface area contributed by atoms with Crippen molar-refractivity contribution >= 4 is 28.4 Å². The number of nitrogens with zero attached hydrogens (tertiary/aromatic N) is 4. The van der Waals surface area contributed by atoms with Crippen LogP contribution in [0, 0.1) is 0 Å². The van der Waals surface area contributed by atoms with Crippen LogP contribution in [0.1, 0.15) is 18.9 Å². The molecule has 7 heteroatoms. The Bertz CT molecular complexity index is 986. The minimum absolute atomic E-state index is 0.0609. The molecule has 0 aliphatic heterocycles. The molecule has 0 saturated heterocycles. The third-order valence-corrected chi connectivity index (χ3v) is 4.59. The van der Waals surface area contributed by atoms with Crippen LogP contribution in [0.3, 0.4) is 0 Å². The zero-order valence-corrected chi connectivity index (χ0v) is 15.2. The lowest BCUT2D eigenvalue weighted by atomic mass is 10.2. The minimum atomic E-state index is -0.238. The number of amides is 1. The normalized spacial score (nSPS) is 10.8. The second-order valence-corrected chi connectivity index (χ2v) is 6.29. The molecule has 1 aromatic heterocycles. The number of aryl methyl sites for hydroxylation is 1. The zero-order chi connectivity index (χ0) is 18.5. The van der Waals surface area contributed by atoms with Gasteiger partial charge in [0.15, 0.2) is 0 Å². The van der Waals surface area contributed by atoms with Crippen LogP contribution >= 0.6 is 11.6 Å². The maximum absolute atomic E-state index is 12.6. The predicted molar refractivity (Wildman–Crippen MR) is 101 cm³/mol. The van der Waals surface area contributed by atoms with Crippen molar-refractivity contribution < 1.29 is 4.79 Å². The summed E-state index contributed by atoms with van der Waals surface area (Å²) in [5.41, 5.74) is 1.21. The highest BCUT2D eigenvalue weighted by Crippen LogP contribution is 2.17. The third-order valence-electron chi connectivity index (χ3n) is 4.22. The molecule has 1 heterocycles. The van der Waals surface area contributed by atoms with Gasteiger partial charge in [0.1, 0.15) is 5.52 Å². The van der Waals surface area contributed by atoms with E-state index in [0.29, 0.717) is 29.0 Å². The van der Waals surface area contributed by atoms with E-state index in [0.717, 1.165) is 5.56 Å². The summed E-state index contributed by atoms with van der Waals surface area (Å²) in [6.45, 7) is 3.10. The number of rotatable bonds is 6. The molecule has 0 aliphatic carbocycles. The van der Waals surface area contributed by atoms with Crippen LogP contribution in [0.2, 0.25) is 5.02 Å². The second-order valence-electron chi connectivity index (χ2n) is 5.88. The van der Waals surface area contributed by atoms with Gasteiger partial charge in [-0.05, 0) is 30.7 Å². The first-order chi connectivity index (χ1) is 12.6. The molecule has 0 atom stereocenters. The molecule has 6 nitrogen and oxygen atoms in total. The quantitative estimate of drug-likeness (QED) is 0.669. The van der Waals surface area contributed by atoms with Gasteiger partial charge in [0, 0.05) is 24.5 Å². The number of hydrogen-bond donors (Lipinski definition) is 0. The number of aromatic nitrogens is 3. The van der Waals surface area contributed by atoms with Crippen molar-refractivity contribution in [2.24, 2.45) is 0 Å². The summed E-state index contributed by atoms with van der Waals surface area (Å²) in [6, 6.07) is 14.5. The van der Waals surface area contributed by atoms with E-state index in [1.165, 1.54) is 4.68 Å².